The monoisotopic (exact) mass is 502 g/mol. The number of carbonyl (C=O) groups excluding carboxylic acids is 1. The van der Waals surface area contributed by atoms with Crippen molar-refractivity contribution in [3.8, 4) is 22.4 Å². The number of benzene rings is 1. The van der Waals surface area contributed by atoms with Crippen molar-refractivity contribution in [1.82, 2.24) is 20.2 Å². The van der Waals surface area contributed by atoms with Crippen molar-refractivity contribution in [1.29, 1.82) is 0 Å². The van der Waals surface area contributed by atoms with Crippen molar-refractivity contribution in [2.45, 2.75) is 25.8 Å². The van der Waals surface area contributed by atoms with Crippen LogP contribution in [0, 0.1) is 5.95 Å². The highest BCUT2D eigenvalue weighted by Gasteiger charge is 2.23. The van der Waals surface area contributed by atoms with Crippen molar-refractivity contribution in [2.75, 3.05) is 56.6 Å². The Labute approximate surface area is 215 Å². The maximum Gasteiger partial charge on any atom is 0.251 e. The lowest BCUT2D eigenvalue weighted by Gasteiger charge is -2.31. The summed E-state index contributed by atoms with van der Waals surface area (Å²) in [5.41, 5.74) is 12.1. The molecule has 1 aromatic carbocycles. The van der Waals surface area contributed by atoms with E-state index in [2.05, 4.69) is 20.1 Å². The molecule has 2 saturated heterocycles. The molecule has 3 aliphatic heterocycles. The molecule has 0 bridgehead atoms. The second-order valence-corrected chi connectivity index (χ2v) is 9.88. The molecule has 8 nitrogen and oxygen atoms in total. The van der Waals surface area contributed by atoms with E-state index < -0.39 is 5.95 Å². The number of pyridine rings is 2. The molecule has 192 valence electrons. The number of nitrogens with zero attached hydrogens (tertiary/aromatic N) is 4. The third-order valence-corrected chi connectivity index (χ3v) is 7.50. The average molecular weight is 503 g/mol. The molecule has 0 saturated carbocycles. The van der Waals surface area contributed by atoms with Crippen molar-refractivity contribution in [3.63, 3.8) is 0 Å². The van der Waals surface area contributed by atoms with Gasteiger partial charge in [0, 0.05) is 37.3 Å². The molecule has 0 radical (unpaired) electrons. The van der Waals surface area contributed by atoms with Crippen molar-refractivity contribution >= 4 is 17.4 Å². The zero-order chi connectivity index (χ0) is 25.4. The first-order valence-electron chi connectivity index (χ1n) is 13.0. The van der Waals surface area contributed by atoms with Crippen LogP contribution in [0.15, 0.2) is 36.4 Å². The Kier molecular flexibility index (Phi) is 6.48. The Morgan fingerprint density at radius 3 is 2.59 bits per heavy atom. The van der Waals surface area contributed by atoms with Gasteiger partial charge in [-0.2, -0.15) is 4.39 Å². The number of carbonyl (C=O) groups is 1. The number of hydrogen-bond acceptors (Lipinski definition) is 7. The second-order valence-electron chi connectivity index (χ2n) is 9.88. The number of ether oxygens (including phenoxy) is 1. The molecule has 0 unspecified atom stereocenters. The number of nitrogen functional groups attached to an aromatic ring is 1. The Balaban J connectivity index is 1.39. The molecule has 2 aromatic heterocycles. The van der Waals surface area contributed by atoms with Gasteiger partial charge in [0.1, 0.15) is 5.82 Å². The molecular weight excluding hydrogens is 471 g/mol. The molecule has 5 heterocycles. The van der Waals surface area contributed by atoms with Crippen LogP contribution < -0.4 is 16.0 Å². The van der Waals surface area contributed by atoms with E-state index in [0.717, 1.165) is 61.7 Å². The average Bonchev–Trinajstić information content (AvgIpc) is 3.42. The van der Waals surface area contributed by atoms with Crippen molar-refractivity contribution < 1.29 is 13.9 Å². The molecular formula is C28H31FN6O2. The van der Waals surface area contributed by atoms with E-state index in [0.29, 0.717) is 42.1 Å². The quantitative estimate of drug-likeness (QED) is 0.517. The highest BCUT2D eigenvalue weighted by atomic mass is 19.1. The predicted octanol–water partition coefficient (Wildman–Crippen LogP) is 3.25. The number of likely N-dealkylation sites (tertiary alicyclic amines) is 1. The topological polar surface area (TPSA) is 96.6 Å². The van der Waals surface area contributed by atoms with Crippen LogP contribution in [0.1, 0.15) is 34.5 Å². The predicted molar refractivity (Wildman–Crippen MR) is 141 cm³/mol. The lowest BCUT2D eigenvalue weighted by molar-refractivity contribution is 0.0946. The van der Waals surface area contributed by atoms with Crippen LogP contribution in [-0.4, -0.2) is 66.7 Å². The van der Waals surface area contributed by atoms with E-state index in [-0.39, 0.29) is 11.7 Å². The third-order valence-electron chi connectivity index (χ3n) is 7.50. The number of nitrogens with two attached hydrogens (primary N) is 1. The largest absolute Gasteiger partial charge is 0.383 e. The molecule has 37 heavy (non-hydrogen) atoms. The lowest BCUT2D eigenvalue weighted by atomic mass is 9.94. The van der Waals surface area contributed by atoms with Crippen LogP contribution in [0.3, 0.4) is 0 Å². The van der Waals surface area contributed by atoms with Gasteiger partial charge in [-0.1, -0.05) is 12.1 Å². The lowest BCUT2D eigenvalue weighted by Crippen LogP contribution is -2.37. The van der Waals surface area contributed by atoms with Gasteiger partial charge in [0.15, 0.2) is 0 Å². The van der Waals surface area contributed by atoms with Gasteiger partial charge < -0.3 is 20.7 Å². The van der Waals surface area contributed by atoms with Gasteiger partial charge in [0.2, 0.25) is 5.95 Å². The van der Waals surface area contributed by atoms with E-state index in [1.165, 1.54) is 12.8 Å². The zero-order valence-corrected chi connectivity index (χ0v) is 20.8. The van der Waals surface area contributed by atoms with Crippen LogP contribution in [0.25, 0.3) is 22.4 Å². The molecule has 0 spiro atoms. The normalized spacial score (nSPS) is 18.1. The standard InChI is InChI=1S/C28H31FN6O2/c29-26-22(16-21(27(30)33-26)18-3-4-20-19(15-18)7-8-31-28(20)36)23-5-6-25(35-11-13-37-14-12-35)24(32-23)17-34-9-1-2-10-34/h3-6,15-16H,1-2,7-14,17H2,(H2,30,33)(H,31,36). The Bertz CT molecular complexity index is 1330. The van der Waals surface area contributed by atoms with Gasteiger partial charge in [-0.05, 0) is 67.7 Å². The summed E-state index contributed by atoms with van der Waals surface area (Å²) in [7, 11) is 0. The Hall–Kier alpha value is -3.56. The van der Waals surface area contributed by atoms with E-state index >= 15 is 4.39 Å². The van der Waals surface area contributed by atoms with Crippen LogP contribution in [0.2, 0.25) is 0 Å². The SMILES string of the molecule is Nc1nc(F)c(-c2ccc(N3CCOCC3)c(CN3CCCC3)n2)cc1-c1ccc2c(c1)CCNC2=O. The smallest absolute Gasteiger partial charge is 0.251 e. The molecule has 0 aliphatic carbocycles. The van der Waals surface area contributed by atoms with Gasteiger partial charge in [0.25, 0.3) is 5.91 Å². The number of aromatic nitrogens is 2. The first kappa shape index (κ1) is 23.8. The first-order valence-corrected chi connectivity index (χ1v) is 13.0. The molecule has 1 amide bonds. The van der Waals surface area contributed by atoms with Crippen molar-refractivity contribution in [3.05, 3.63) is 59.2 Å². The Morgan fingerprint density at radius 2 is 1.78 bits per heavy atom. The minimum absolute atomic E-state index is 0.0752. The molecule has 9 heteroatoms. The fourth-order valence-electron chi connectivity index (χ4n) is 5.52. The maximum atomic E-state index is 15.2. The minimum Gasteiger partial charge on any atom is -0.383 e. The molecule has 2 fully saturated rings. The number of anilines is 2. The van der Waals surface area contributed by atoms with Gasteiger partial charge in [-0.3, -0.25) is 9.69 Å². The Morgan fingerprint density at radius 1 is 0.973 bits per heavy atom. The highest BCUT2D eigenvalue weighted by Crippen LogP contribution is 2.34. The van der Waals surface area contributed by atoms with Crippen molar-refractivity contribution in [2.24, 2.45) is 0 Å². The number of rotatable bonds is 5. The number of amides is 1. The third kappa shape index (κ3) is 4.76. The summed E-state index contributed by atoms with van der Waals surface area (Å²) in [5.74, 6) is -0.602. The molecule has 0 atom stereocenters. The summed E-state index contributed by atoms with van der Waals surface area (Å²) < 4.78 is 20.8. The number of nitrogens with one attached hydrogen (secondary N) is 1. The summed E-state index contributed by atoms with van der Waals surface area (Å²) in [4.78, 5) is 25.9. The molecule has 6 rings (SSSR count). The maximum absolute atomic E-state index is 15.2. The summed E-state index contributed by atoms with van der Waals surface area (Å²) in [5, 5.41) is 2.86. The first-order chi connectivity index (χ1) is 18.1. The van der Waals surface area contributed by atoms with Crippen LogP contribution in [-0.2, 0) is 17.7 Å². The molecule has 3 aliphatic rings. The van der Waals surface area contributed by atoms with Crippen LogP contribution in [0.5, 0.6) is 0 Å². The fourth-order valence-corrected chi connectivity index (χ4v) is 5.52. The molecule has 3 N–H and O–H groups in total. The van der Waals surface area contributed by atoms with Gasteiger partial charge in [0.05, 0.1) is 35.9 Å². The number of halogens is 1. The van der Waals surface area contributed by atoms with E-state index in [9.17, 15) is 4.79 Å². The summed E-state index contributed by atoms with van der Waals surface area (Å²) >= 11 is 0. The van der Waals surface area contributed by atoms with E-state index in [1.807, 2.05) is 24.3 Å². The van der Waals surface area contributed by atoms with Gasteiger partial charge in [-0.15, -0.1) is 0 Å². The highest BCUT2D eigenvalue weighted by molar-refractivity contribution is 5.97. The van der Waals surface area contributed by atoms with E-state index in [1.54, 1.807) is 12.1 Å². The minimum atomic E-state index is -0.641. The molecule has 3 aromatic rings. The van der Waals surface area contributed by atoms with Crippen LogP contribution >= 0.6 is 0 Å². The summed E-state index contributed by atoms with van der Waals surface area (Å²) in [6.07, 6.45) is 3.12. The summed E-state index contributed by atoms with van der Waals surface area (Å²) in [6.45, 7) is 6.42. The number of hydrogen-bond donors (Lipinski definition) is 2. The number of morpholine rings is 1. The summed E-state index contributed by atoms with van der Waals surface area (Å²) in [6, 6.07) is 11.2. The van der Waals surface area contributed by atoms with Gasteiger partial charge in [-0.25, -0.2) is 9.97 Å². The van der Waals surface area contributed by atoms with Gasteiger partial charge >= 0.3 is 0 Å². The fraction of sp³-hybridized carbons (Fsp3) is 0.393. The number of fused-ring (bicyclic) bond motifs is 1. The van der Waals surface area contributed by atoms with E-state index in [4.69, 9.17) is 15.5 Å². The zero-order valence-electron chi connectivity index (χ0n) is 20.8. The second kappa shape index (κ2) is 10.1. The van der Waals surface area contributed by atoms with Crippen LogP contribution in [0.4, 0.5) is 15.9 Å².